The Morgan fingerprint density at radius 1 is 1.16 bits per heavy atom. The molecule has 3 aromatic rings. The summed E-state index contributed by atoms with van der Waals surface area (Å²) in [4.78, 5) is 18.7. The van der Waals surface area contributed by atoms with Crippen molar-refractivity contribution in [1.82, 2.24) is 9.88 Å². The molecule has 0 atom stereocenters. The molecule has 25 heavy (non-hydrogen) atoms. The summed E-state index contributed by atoms with van der Waals surface area (Å²) in [5.41, 5.74) is 1.98. The molecule has 0 bridgehead atoms. The minimum atomic E-state index is -0.0386. The topological polar surface area (TPSA) is 55.6 Å². The summed E-state index contributed by atoms with van der Waals surface area (Å²) < 4.78 is 11.0. The second-order valence-electron chi connectivity index (χ2n) is 6.36. The van der Waals surface area contributed by atoms with E-state index in [1.807, 2.05) is 41.6 Å². The maximum atomic E-state index is 12.8. The van der Waals surface area contributed by atoms with Gasteiger partial charge in [-0.2, -0.15) is 0 Å². The molecule has 0 radical (unpaired) electrons. The second-order valence-corrected chi connectivity index (χ2v) is 6.36. The van der Waals surface area contributed by atoms with E-state index in [2.05, 4.69) is 17.1 Å². The number of piperidine rings is 1. The molecule has 1 amide bonds. The van der Waals surface area contributed by atoms with Crippen LogP contribution in [0.2, 0.25) is 0 Å². The smallest absolute Gasteiger partial charge is 0.289 e. The number of benzene rings is 1. The summed E-state index contributed by atoms with van der Waals surface area (Å²) in [6, 6.07) is 11.5. The zero-order chi connectivity index (χ0) is 17.2. The molecule has 1 aliphatic heterocycles. The highest BCUT2D eigenvalue weighted by atomic mass is 16.5. The molecule has 0 unspecified atom stereocenters. The Morgan fingerprint density at radius 3 is 2.64 bits per heavy atom. The van der Waals surface area contributed by atoms with Crippen LogP contribution in [0.15, 0.2) is 53.2 Å². The average Bonchev–Trinajstić information content (AvgIpc) is 3.11. The number of methoxy groups -OCH3 is 1. The maximum absolute atomic E-state index is 12.8. The van der Waals surface area contributed by atoms with E-state index in [-0.39, 0.29) is 5.91 Å². The number of amides is 1. The second kappa shape index (κ2) is 6.59. The number of nitrogens with zero attached hydrogens (tertiary/aromatic N) is 2. The van der Waals surface area contributed by atoms with E-state index in [1.54, 1.807) is 7.11 Å². The lowest BCUT2D eigenvalue weighted by molar-refractivity contribution is 0.0683. The van der Waals surface area contributed by atoms with Gasteiger partial charge in [-0.1, -0.05) is 0 Å². The van der Waals surface area contributed by atoms with E-state index in [9.17, 15) is 4.79 Å². The number of aromatic nitrogens is 1. The lowest BCUT2D eigenvalue weighted by Crippen LogP contribution is -2.37. The van der Waals surface area contributed by atoms with Crippen LogP contribution in [-0.4, -0.2) is 36.0 Å². The summed E-state index contributed by atoms with van der Waals surface area (Å²) >= 11 is 0. The van der Waals surface area contributed by atoms with Crippen molar-refractivity contribution in [3.8, 4) is 5.75 Å². The molecule has 1 aliphatic rings. The first-order valence-corrected chi connectivity index (χ1v) is 8.51. The van der Waals surface area contributed by atoms with Gasteiger partial charge in [0, 0.05) is 36.9 Å². The number of carbonyl (C=O) groups excluding carboxylic acids is 1. The Balaban J connectivity index is 1.47. The molecular weight excluding hydrogens is 316 g/mol. The van der Waals surface area contributed by atoms with E-state index >= 15 is 0 Å². The lowest BCUT2D eigenvalue weighted by Gasteiger charge is -2.31. The number of rotatable bonds is 3. The van der Waals surface area contributed by atoms with Crippen molar-refractivity contribution in [2.45, 2.75) is 18.8 Å². The summed E-state index contributed by atoms with van der Waals surface area (Å²) in [6.45, 7) is 1.48. The molecule has 5 nitrogen and oxygen atoms in total. The third-order valence-corrected chi connectivity index (χ3v) is 4.90. The molecule has 4 rings (SSSR count). The highest BCUT2D eigenvalue weighted by Crippen LogP contribution is 2.29. The molecule has 0 spiro atoms. The van der Waals surface area contributed by atoms with E-state index < -0.39 is 0 Å². The predicted octanol–water partition coefficient (Wildman–Crippen LogP) is 3.86. The summed E-state index contributed by atoms with van der Waals surface area (Å²) in [6.07, 6.45) is 5.58. The van der Waals surface area contributed by atoms with Crippen LogP contribution in [-0.2, 0) is 0 Å². The quantitative estimate of drug-likeness (QED) is 0.729. The first-order chi connectivity index (χ1) is 12.2. The van der Waals surface area contributed by atoms with Gasteiger partial charge in [-0.25, -0.2) is 0 Å². The van der Waals surface area contributed by atoms with Crippen LogP contribution >= 0.6 is 0 Å². The van der Waals surface area contributed by atoms with Gasteiger partial charge in [0.15, 0.2) is 5.76 Å². The Morgan fingerprint density at radius 2 is 1.92 bits per heavy atom. The summed E-state index contributed by atoms with van der Waals surface area (Å²) in [7, 11) is 1.61. The van der Waals surface area contributed by atoms with Crippen LogP contribution in [0.25, 0.3) is 11.0 Å². The van der Waals surface area contributed by atoms with E-state index in [0.29, 0.717) is 17.3 Å². The zero-order valence-corrected chi connectivity index (χ0v) is 14.1. The summed E-state index contributed by atoms with van der Waals surface area (Å²) in [5.74, 6) is 1.57. The van der Waals surface area contributed by atoms with Gasteiger partial charge in [-0.3, -0.25) is 9.78 Å². The van der Waals surface area contributed by atoms with Crippen molar-refractivity contribution in [1.29, 1.82) is 0 Å². The molecule has 5 heteroatoms. The molecule has 0 N–H and O–H groups in total. The Bertz CT molecular complexity index is 880. The molecule has 3 heterocycles. The fraction of sp³-hybridized carbons (Fsp3) is 0.300. The maximum Gasteiger partial charge on any atom is 0.289 e. The van der Waals surface area contributed by atoms with Crippen LogP contribution in [0.1, 0.15) is 34.9 Å². The monoisotopic (exact) mass is 336 g/mol. The fourth-order valence-corrected chi connectivity index (χ4v) is 3.45. The third-order valence-electron chi connectivity index (χ3n) is 4.90. The largest absolute Gasteiger partial charge is 0.497 e. The number of fused-ring (bicyclic) bond motifs is 1. The number of carbonyl (C=O) groups is 1. The van der Waals surface area contributed by atoms with E-state index in [1.165, 1.54) is 5.56 Å². The van der Waals surface area contributed by atoms with Crippen molar-refractivity contribution >= 4 is 16.9 Å². The highest BCUT2D eigenvalue weighted by molar-refractivity contribution is 5.96. The van der Waals surface area contributed by atoms with Gasteiger partial charge in [0.2, 0.25) is 0 Å². The molecule has 0 aliphatic carbocycles. The van der Waals surface area contributed by atoms with Gasteiger partial charge in [0.1, 0.15) is 11.3 Å². The van der Waals surface area contributed by atoms with Crippen molar-refractivity contribution < 1.29 is 13.9 Å². The molecule has 1 aromatic carbocycles. The summed E-state index contributed by atoms with van der Waals surface area (Å²) in [5, 5.41) is 0.913. The van der Waals surface area contributed by atoms with Crippen molar-refractivity contribution in [3.05, 3.63) is 60.1 Å². The van der Waals surface area contributed by atoms with E-state index in [4.69, 9.17) is 9.15 Å². The highest BCUT2D eigenvalue weighted by Gasteiger charge is 2.26. The van der Waals surface area contributed by atoms with Gasteiger partial charge < -0.3 is 14.1 Å². The molecule has 2 aromatic heterocycles. The van der Waals surface area contributed by atoms with Crippen LogP contribution in [0.3, 0.4) is 0 Å². The SMILES string of the molecule is COc1ccc2cc(C(=O)N3CCC(c4ccncc4)CC3)oc2c1. The Labute approximate surface area is 146 Å². The number of hydrogen-bond donors (Lipinski definition) is 0. The van der Waals surface area contributed by atoms with Crippen molar-refractivity contribution in [3.63, 3.8) is 0 Å². The third kappa shape index (κ3) is 3.09. The average molecular weight is 336 g/mol. The molecule has 0 saturated carbocycles. The first kappa shape index (κ1) is 15.7. The standard InChI is InChI=1S/C20H20N2O3/c1-24-17-3-2-16-12-19(25-18(16)13-17)20(23)22-10-6-15(7-11-22)14-4-8-21-9-5-14/h2-5,8-9,12-13,15H,6-7,10-11H2,1H3. The van der Waals surface area contributed by atoms with Gasteiger partial charge >= 0.3 is 0 Å². The van der Waals surface area contributed by atoms with Gasteiger partial charge in [0.05, 0.1) is 7.11 Å². The minimum absolute atomic E-state index is 0.0386. The van der Waals surface area contributed by atoms with Crippen LogP contribution in [0, 0.1) is 0 Å². The fourth-order valence-electron chi connectivity index (χ4n) is 3.45. The predicted molar refractivity (Wildman–Crippen MR) is 94.9 cm³/mol. The number of ether oxygens (including phenoxy) is 1. The van der Waals surface area contributed by atoms with Gasteiger partial charge in [-0.15, -0.1) is 0 Å². The molecular formula is C20H20N2O3. The normalized spacial score (nSPS) is 15.5. The Kier molecular flexibility index (Phi) is 4.14. The Hall–Kier alpha value is -2.82. The number of hydrogen-bond acceptors (Lipinski definition) is 4. The zero-order valence-electron chi connectivity index (χ0n) is 14.1. The number of furan rings is 1. The number of likely N-dealkylation sites (tertiary alicyclic amines) is 1. The number of pyridine rings is 1. The van der Waals surface area contributed by atoms with Crippen molar-refractivity contribution in [2.24, 2.45) is 0 Å². The molecule has 1 saturated heterocycles. The van der Waals surface area contributed by atoms with Gasteiger partial charge in [0.25, 0.3) is 5.91 Å². The van der Waals surface area contributed by atoms with Gasteiger partial charge in [-0.05, 0) is 54.7 Å². The molecule has 1 fully saturated rings. The lowest BCUT2D eigenvalue weighted by atomic mass is 9.90. The molecule has 128 valence electrons. The van der Waals surface area contributed by atoms with E-state index in [0.717, 1.165) is 37.1 Å². The van der Waals surface area contributed by atoms with Crippen LogP contribution < -0.4 is 4.74 Å². The minimum Gasteiger partial charge on any atom is -0.497 e. The van der Waals surface area contributed by atoms with Crippen molar-refractivity contribution in [2.75, 3.05) is 20.2 Å². The first-order valence-electron chi connectivity index (χ1n) is 8.51. The van der Waals surface area contributed by atoms with Crippen LogP contribution in [0.5, 0.6) is 5.75 Å². The van der Waals surface area contributed by atoms with Crippen LogP contribution in [0.4, 0.5) is 0 Å².